The van der Waals surface area contributed by atoms with Gasteiger partial charge in [0.1, 0.15) is 0 Å². The van der Waals surface area contributed by atoms with E-state index in [1.165, 1.54) is 6.08 Å². The quantitative estimate of drug-likeness (QED) is 0.867. The summed E-state index contributed by atoms with van der Waals surface area (Å²) in [6.07, 6.45) is 2.59. The van der Waals surface area contributed by atoms with Gasteiger partial charge in [0.15, 0.2) is 0 Å². The molecule has 0 aliphatic rings. The maximum Gasteiger partial charge on any atom is 0.229 e. The third-order valence-electron chi connectivity index (χ3n) is 1.92. The standard InChI is InChI=1S/C10H13ClN2O2S/c1-3-8-4-7(6-12)5-9(11)10(8)13-16(2,14)15/h3-5,13H,1,6,12H2,2H3. The molecule has 1 rings (SSSR count). The van der Waals surface area contributed by atoms with Crippen LogP contribution in [0.4, 0.5) is 5.69 Å². The highest BCUT2D eigenvalue weighted by Crippen LogP contribution is 2.29. The smallest absolute Gasteiger partial charge is 0.229 e. The second-order valence-corrected chi connectivity index (χ2v) is 5.48. The van der Waals surface area contributed by atoms with Crippen LogP contribution in [0.1, 0.15) is 11.1 Å². The van der Waals surface area contributed by atoms with E-state index in [1.54, 1.807) is 12.1 Å². The van der Waals surface area contributed by atoms with Gasteiger partial charge in [-0.25, -0.2) is 8.42 Å². The molecule has 3 N–H and O–H groups in total. The lowest BCUT2D eigenvalue weighted by Gasteiger charge is -2.11. The molecule has 0 atom stereocenters. The molecule has 16 heavy (non-hydrogen) atoms. The van der Waals surface area contributed by atoms with Crippen LogP contribution in [0.2, 0.25) is 5.02 Å². The van der Waals surface area contributed by atoms with Crippen LogP contribution in [0, 0.1) is 0 Å². The average Bonchev–Trinajstić information content (AvgIpc) is 2.19. The molecule has 0 aromatic heterocycles. The van der Waals surface area contributed by atoms with E-state index in [0.29, 0.717) is 22.8 Å². The van der Waals surface area contributed by atoms with Crippen LogP contribution in [-0.4, -0.2) is 14.7 Å². The van der Waals surface area contributed by atoms with E-state index in [2.05, 4.69) is 11.3 Å². The van der Waals surface area contributed by atoms with Crippen molar-refractivity contribution in [1.82, 2.24) is 0 Å². The van der Waals surface area contributed by atoms with Crippen molar-refractivity contribution in [2.24, 2.45) is 5.73 Å². The fraction of sp³-hybridized carbons (Fsp3) is 0.200. The topological polar surface area (TPSA) is 72.2 Å². The van der Waals surface area contributed by atoms with Crippen molar-refractivity contribution in [3.63, 3.8) is 0 Å². The Kier molecular flexibility index (Phi) is 3.96. The molecule has 0 radical (unpaired) electrons. The van der Waals surface area contributed by atoms with Crippen LogP contribution in [0.25, 0.3) is 6.08 Å². The van der Waals surface area contributed by atoms with E-state index in [-0.39, 0.29) is 0 Å². The zero-order valence-corrected chi connectivity index (χ0v) is 10.4. The van der Waals surface area contributed by atoms with Crippen molar-refractivity contribution >= 4 is 33.4 Å². The second-order valence-electron chi connectivity index (χ2n) is 3.32. The van der Waals surface area contributed by atoms with Crippen LogP contribution in [0.3, 0.4) is 0 Å². The van der Waals surface area contributed by atoms with Crippen molar-refractivity contribution < 1.29 is 8.42 Å². The Morgan fingerprint density at radius 3 is 2.62 bits per heavy atom. The van der Waals surface area contributed by atoms with Gasteiger partial charge >= 0.3 is 0 Å². The molecule has 0 amide bonds. The molecule has 0 unspecified atom stereocenters. The molecule has 0 heterocycles. The fourth-order valence-electron chi connectivity index (χ4n) is 1.26. The number of nitrogens with two attached hydrogens (primary N) is 1. The molecule has 88 valence electrons. The number of sulfonamides is 1. The molecular formula is C10H13ClN2O2S. The number of nitrogens with one attached hydrogen (secondary N) is 1. The highest BCUT2D eigenvalue weighted by Gasteiger charge is 2.11. The number of hydrogen-bond acceptors (Lipinski definition) is 3. The Balaban J connectivity index is 3.32. The molecule has 0 fully saturated rings. The van der Waals surface area contributed by atoms with Crippen molar-refractivity contribution in [2.45, 2.75) is 6.54 Å². The Morgan fingerprint density at radius 1 is 1.56 bits per heavy atom. The van der Waals surface area contributed by atoms with E-state index in [9.17, 15) is 8.42 Å². The summed E-state index contributed by atoms with van der Waals surface area (Å²) in [5.41, 5.74) is 7.25. The minimum Gasteiger partial charge on any atom is -0.326 e. The molecule has 0 saturated heterocycles. The van der Waals surface area contributed by atoms with Gasteiger partial charge in [0.25, 0.3) is 0 Å². The van der Waals surface area contributed by atoms with Crippen molar-refractivity contribution in [1.29, 1.82) is 0 Å². The number of benzene rings is 1. The van der Waals surface area contributed by atoms with Gasteiger partial charge in [-0.15, -0.1) is 0 Å². The van der Waals surface area contributed by atoms with Crippen molar-refractivity contribution in [2.75, 3.05) is 11.0 Å². The lowest BCUT2D eigenvalue weighted by molar-refractivity contribution is 0.607. The molecule has 0 aliphatic heterocycles. The van der Waals surface area contributed by atoms with Gasteiger partial charge in [-0.2, -0.15) is 0 Å². The number of rotatable bonds is 4. The SMILES string of the molecule is C=Cc1cc(CN)cc(Cl)c1NS(C)(=O)=O. The van der Waals surface area contributed by atoms with Crippen LogP contribution < -0.4 is 10.5 Å². The first kappa shape index (κ1) is 13.0. The molecule has 1 aromatic rings. The second kappa shape index (κ2) is 4.86. The summed E-state index contributed by atoms with van der Waals surface area (Å²) in [6.45, 7) is 3.94. The van der Waals surface area contributed by atoms with Gasteiger partial charge in [0, 0.05) is 6.54 Å². The molecule has 0 aliphatic carbocycles. The molecule has 6 heteroatoms. The molecule has 0 saturated carbocycles. The van der Waals surface area contributed by atoms with Crippen molar-refractivity contribution in [3.8, 4) is 0 Å². The summed E-state index contributed by atoms with van der Waals surface area (Å²) in [4.78, 5) is 0. The highest BCUT2D eigenvalue weighted by molar-refractivity contribution is 7.92. The molecule has 0 bridgehead atoms. The molecular weight excluding hydrogens is 248 g/mol. The lowest BCUT2D eigenvalue weighted by Crippen LogP contribution is -2.11. The number of halogens is 1. The van der Waals surface area contributed by atoms with Gasteiger partial charge in [0.2, 0.25) is 10.0 Å². The summed E-state index contributed by atoms with van der Waals surface area (Å²) in [6, 6.07) is 3.37. The maximum absolute atomic E-state index is 11.1. The lowest BCUT2D eigenvalue weighted by atomic mass is 10.1. The first-order valence-corrected chi connectivity index (χ1v) is 6.77. The molecule has 0 spiro atoms. The normalized spacial score (nSPS) is 11.2. The maximum atomic E-state index is 11.1. The van der Waals surface area contributed by atoms with E-state index >= 15 is 0 Å². The zero-order valence-electron chi connectivity index (χ0n) is 8.83. The number of hydrogen-bond donors (Lipinski definition) is 2. The third kappa shape index (κ3) is 3.23. The summed E-state index contributed by atoms with van der Waals surface area (Å²) < 4.78 is 24.6. The Hall–Kier alpha value is -1.04. The minimum absolute atomic E-state index is 0.309. The number of anilines is 1. The van der Waals surface area contributed by atoms with Gasteiger partial charge in [-0.1, -0.05) is 24.3 Å². The largest absolute Gasteiger partial charge is 0.326 e. The molecule has 4 nitrogen and oxygen atoms in total. The first-order valence-electron chi connectivity index (χ1n) is 4.50. The van der Waals surface area contributed by atoms with Crippen LogP contribution in [0.5, 0.6) is 0 Å². The van der Waals surface area contributed by atoms with E-state index in [0.717, 1.165) is 11.8 Å². The third-order valence-corrected chi connectivity index (χ3v) is 2.80. The summed E-state index contributed by atoms with van der Waals surface area (Å²) in [7, 11) is -3.37. The monoisotopic (exact) mass is 260 g/mol. The van der Waals surface area contributed by atoms with Gasteiger partial charge in [-0.05, 0) is 23.3 Å². The van der Waals surface area contributed by atoms with Crippen LogP contribution in [-0.2, 0) is 16.6 Å². The summed E-state index contributed by atoms with van der Waals surface area (Å²) >= 11 is 5.97. The van der Waals surface area contributed by atoms with Gasteiger partial charge < -0.3 is 5.73 Å². The highest BCUT2D eigenvalue weighted by atomic mass is 35.5. The first-order chi connectivity index (χ1) is 7.37. The summed E-state index contributed by atoms with van der Waals surface area (Å²) in [5.74, 6) is 0. The van der Waals surface area contributed by atoms with Gasteiger partial charge in [-0.3, -0.25) is 4.72 Å². The Morgan fingerprint density at radius 2 is 2.19 bits per heavy atom. The van der Waals surface area contributed by atoms with Crippen LogP contribution >= 0.6 is 11.6 Å². The predicted octanol–water partition coefficient (Wildman–Crippen LogP) is 1.81. The van der Waals surface area contributed by atoms with E-state index in [1.807, 2.05) is 0 Å². The average molecular weight is 261 g/mol. The minimum atomic E-state index is -3.37. The molecule has 1 aromatic carbocycles. The summed E-state index contributed by atoms with van der Waals surface area (Å²) in [5, 5.41) is 0.309. The zero-order chi connectivity index (χ0) is 12.3. The van der Waals surface area contributed by atoms with E-state index < -0.39 is 10.0 Å². The van der Waals surface area contributed by atoms with Crippen LogP contribution in [0.15, 0.2) is 18.7 Å². The predicted molar refractivity (Wildman–Crippen MR) is 67.9 cm³/mol. The fourth-order valence-corrected chi connectivity index (χ4v) is 2.21. The Labute approximate surface area is 100 Å². The van der Waals surface area contributed by atoms with Gasteiger partial charge in [0.05, 0.1) is 17.0 Å². The van der Waals surface area contributed by atoms with Crippen molar-refractivity contribution in [3.05, 3.63) is 34.9 Å². The Bertz CT molecular complexity index is 512. The van der Waals surface area contributed by atoms with E-state index in [4.69, 9.17) is 17.3 Å².